The molecule has 3 heterocycles. The minimum Gasteiger partial charge on any atom is -0.364 e. The minimum absolute atomic E-state index is 0.0544. The van der Waals surface area contributed by atoms with Gasteiger partial charge >= 0.3 is 0 Å². The van der Waals surface area contributed by atoms with Crippen LogP contribution in [0.4, 0.5) is 5.82 Å². The fraction of sp³-hybridized carbons (Fsp3) is 0.273. The van der Waals surface area contributed by atoms with Crippen LogP contribution in [0.3, 0.4) is 0 Å². The fourth-order valence-electron chi connectivity index (χ4n) is 4.03. The second-order valence-corrected chi connectivity index (χ2v) is 7.43. The maximum Gasteiger partial charge on any atom is 0.236 e. The third-order valence-corrected chi connectivity index (χ3v) is 5.52. The van der Waals surface area contributed by atoms with Gasteiger partial charge in [-0.25, -0.2) is 4.98 Å². The van der Waals surface area contributed by atoms with E-state index in [2.05, 4.69) is 49.7 Å². The number of hydrogen-bond acceptors (Lipinski definition) is 8. The Morgan fingerprint density at radius 1 is 1.19 bits per heavy atom. The normalized spacial score (nSPS) is 18.3. The first kappa shape index (κ1) is 19.1. The molecule has 31 heavy (non-hydrogen) atoms. The molecule has 0 aliphatic carbocycles. The lowest BCUT2D eigenvalue weighted by Gasteiger charge is -2.14. The van der Waals surface area contributed by atoms with Gasteiger partial charge in [0.15, 0.2) is 17.0 Å². The van der Waals surface area contributed by atoms with Crippen molar-refractivity contribution in [3.63, 3.8) is 0 Å². The molecule has 5 rings (SSSR count). The molecule has 1 saturated heterocycles. The average Bonchev–Trinajstić information content (AvgIpc) is 3.44. The molecule has 1 N–H and O–H groups in total. The summed E-state index contributed by atoms with van der Waals surface area (Å²) in [5.74, 6) is 0.552. The number of nitriles is 1. The number of nitrogens with one attached hydrogen (secondary N) is 1. The van der Waals surface area contributed by atoms with Gasteiger partial charge in [0.2, 0.25) is 5.82 Å². The van der Waals surface area contributed by atoms with Crippen LogP contribution in [0.1, 0.15) is 30.5 Å². The Balaban J connectivity index is 1.47. The van der Waals surface area contributed by atoms with Crippen molar-refractivity contribution in [1.82, 2.24) is 19.5 Å². The zero-order chi connectivity index (χ0) is 21.2. The van der Waals surface area contributed by atoms with E-state index < -0.39 is 0 Å². The summed E-state index contributed by atoms with van der Waals surface area (Å²) >= 11 is 0. The Hall–Kier alpha value is -3.90. The summed E-state index contributed by atoms with van der Waals surface area (Å²) in [5.41, 5.74) is 2.21. The van der Waals surface area contributed by atoms with Gasteiger partial charge in [-0.2, -0.15) is 20.1 Å². The van der Waals surface area contributed by atoms with Gasteiger partial charge in [-0.15, -0.1) is 0 Å². The SMILES string of the molecule is N#Cc1nc(NCc2cccc3ccccc23)c2ncn(C3CCC(CN=O)O3)c2n1. The lowest BCUT2D eigenvalue weighted by atomic mass is 10.0. The highest BCUT2D eigenvalue weighted by atomic mass is 16.5. The molecule has 0 spiro atoms. The monoisotopic (exact) mass is 413 g/mol. The third-order valence-electron chi connectivity index (χ3n) is 5.52. The third kappa shape index (κ3) is 3.58. The first-order valence-electron chi connectivity index (χ1n) is 10.1. The van der Waals surface area contributed by atoms with Gasteiger partial charge in [0, 0.05) is 6.54 Å². The highest BCUT2D eigenvalue weighted by molar-refractivity contribution is 5.87. The summed E-state index contributed by atoms with van der Waals surface area (Å²) in [6.07, 6.45) is 2.59. The van der Waals surface area contributed by atoms with Crippen LogP contribution in [0.2, 0.25) is 0 Å². The van der Waals surface area contributed by atoms with E-state index in [4.69, 9.17) is 4.74 Å². The Labute approximate surface area is 177 Å². The van der Waals surface area contributed by atoms with E-state index in [1.165, 1.54) is 0 Å². The zero-order valence-corrected chi connectivity index (χ0v) is 16.6. The number of rotatable bonds is 6. The summed E-state index contributed by atoms with van der Waals surface area (Å²) < 4.78 is 7.71. The van der Waals surface area contributed by atoms with Crippen molar-refractivity contribution in [3.8, 4) is 6.07 Å². The number of nitroso groups, excluding NO2 is 1. The molecule has 2 aromatic heterocycles. The average molecular weight is 413 g/mol. The molecular formula is C22H19N7O2. The highest BCUT2D eigenvalue weighted by Crippen LogP contribution is 2.32. The number of nitrogens with zero attached hydrogens (tertiary/aromatic N) is 6. The molecule has 9 nitrogen and oxygen atoms in total. The van der Waals surface area contributed by atoms with Crippen molar-refractivity contribution in [2.45, 2.75) is 31.7 Å². The molecule has 0 saturated carbocycles. The van der Waals surface area contributed by atoms with Crippen molar-refractivity contribution < 1.29 is 4.74 Å². The van der Waals surface area contributed by atoms with Crippen molar-refractivity contribution in [2.75, 3.05) is 11.9 Å². The van der Waals surface area contributed by atoms with E-state index in [1.54, 1.807) is 10.9 Å². The molecule has 0 bridgehead atoms. The number of aromatic nitrogens is 4. The molecular weight excluding hydrogens is 394 g/mol. The van der Waals surface area contributed by atoms with E-state index in [0.29, 0.717) is 23.5 Å². The van der Waals surface area contributed by atoms with E-state index >= 15 is 0 Å². The molecule has 1 aliphatic heterocycles. The fourth-order valence-corrected chi connectivity index (χ4v) is 4.03. The molecule has 1 fully saturated rings. The summed E-state index contributed by atoms with van der Waals surface area (Å²) in [7, 11) is 0. The number of benzene rings is 2. The van der Waals surface area contributed by atoms with Crippen LogP contribution in [0, 0.1) is 16.2 Å². The Morgan fingerprint density at radius 3 is 2.94 bits per heavy atom. The van der Waals surface area contributed by atoms with Gasteiger partial charge in [0.05, 0.1) is 12.4 Å². The quantitative estimate of drug-likeness (QED) is 0.476. The van der Waals surface area contributed by atoms with Crippen molar-refractivity contribution in [3.05, 3.63) is 65.1 Å². The zero-order valence-electron chi connectivity index (χ0n) is 16.6. The smallest absolute Gasteiger partial charge is 0.236 e. The van der Waals surface area contributed by atoms with E-state index in [0.717, 1.165) is 29.2 Å². The van der Waals surface area contributed by atoms with Crippen LogP contribution in [0.15, 0.2) is 54.0 Å². The van der Waals surface area contributed by atoms with Crippen LogP contribution in [0.25, 0.3) is 21.9 Å². The number of anilines is 1. The van der Waals surface area contributed by atoms with Gasteiger partial charge in [-0.1, -0.05) is 47.6 Å². The van der Waals surface area contributed by atoms with E-state index in [1.807, 2.05) is 24.3 Å². The van der Waals surface area contributed by atoms with Gasteiger partial charge in [0.1, 0.15) is 18.8 Å². The van der Waals surface area contributed by atoms with Crippen LogP contribution in [-0.4, -0.2) is 32.2 Å². The number of hydrogen-bond donors (Lipinski definition) is 1. The van der Waals surface area contributed by atoms with Crippen LogP contribution in [-0.2, 0) is 11.3 Å². The second kappa shape index (κ2) is 8.08. The number of imidazole rings is 1. The van der Waals surface area contributed by atoms with Crippen molar-refractivity contribution in [2.24, 2.45) is 5.18 Å². The first-order valence-corrected chi connectivity index (χ1v) is 10.1. The second-order valence-electron chi connectivity index (χ2n) is 7.43. The summed E-state index contributed by atoms with van der Waals surface area (Å²) in [5, 5.41) is 18.0. The van der Waals surface area contributed by atoms with Gasteiger partial charge in [0.25, 0.3) is 0 Å². The van der Waals surface area contributed by atoms with E-state index in [9.17, 15) is 10.2 Å². The largest absolute Gasteiger partial charge is 0.364 e. The molecule has 154 valence electrons. The predicted octanol–water partition coefficient (Wildman–Crippen LogP) is 3.91. The van der Waals surface area contributed by atoms with Gasteiger partial charge in [-0.3, -0.25) is 4.57 Å². The number of ether oxygens (including phenoxy) is 1. The Kier molecular flexibility index (Phi) is 4.98. The topological polar surface area (TPSA) is 118 Å². The summed E-state index contributed by atoms with van der Waals surface area (Å²) in [6.45, 7) is 0.650. The summed E-state index contributed by atoms with van der Waals surface area (Å²) in [4.78, 5) is 23.7. The molecule has 9 heteroatoms. The van der Waals surface area contributed by atoms with Crippen LogP contribution >= 0.6 is 0 Å². The van der Waals surface area contributed by atoms with Gasteiger partial charge in [-0.05, 0) is 29.2 Å². The van der Waals surface area contributed by atoms with E-state index in [-0.39, 0.29) is 24.7 Å². The van der Waals surface area contributed by atoms with Gasteiger partial charge < -0.3 is 10.1 Å². The van der Waals surface area contributed by atoms with Crippen LogP contribution in [0.5, 0.6) is 0 Å². The highest BCUT2D eigenvalue weighted by Gasteiger charge is 2.29. The molecule has 1 aliphatic rings. The molecule has 2 unspecified atom stereocenters. The first-order chi connectivity index (χ1) is 15.3. The Bertz CT molecular complexity index is 1310. The summed E-state index contributed by atoms with van der Waals surface area (Å²) in [6, 6.07) is 16.4. The maximum atomic E-state index is 10.6. The minimum atomic E-state index is -0.302. The molecule has 2 aromatic carbocycles. The lowest BCUT2D eigenvalue weighted by molar-refractivity contribution is 0.00876. The van der Waals surface area contributed by atoms with Crippen LogP contribution < -0.4 is 5.32 Å². The van der Waals surface area contributed by atoms with Crippen molar-refractivity contribution in [1.29, 1.82) is 5.26 Å². The number of fused-ring (bicyclic) bond motifs is 2. The molecule has 2 atom stereocenters. The molecule has 4 aromatic rings. The van der Waals surface area contributed by atoms with Crippen molar-refractivity contribution >= 4 is 27.8 Å². The molecule has 0 radical (unpaired) electrons. The predicted molar refractivity (Wildman–Crippen MR) is 115 cm³/mol. The maximum absolute atomic E-state index is 10.6. The Morgan fingerprint density at radius 2 is 2.06 bits per heavy atom. The molecule has 0 amide bonds. The standard InChI is InChI=1S/C22H19N7O2/c23-10-18-27-21(24-11-15-6-3-5-14-4-1-2-7-17(14)15)20-22(28-18)29(13-25-20)19-9-8-16(31-19)12-26-30/h1-7,13,16,19H,8-9,11-12H2,(H,24,27,28). The lowest BCUT2D eigenvalue weighted by Crippen LogP contribution is -2.13.